The quantitative estimate of drug-likeness (QED) is 0.265. The summed E-state index contributed by atoms with van der Waals surface area (Å²) in [4.78, 5) is 16.7. The van der Waals surface area contributed by atoms with Gasteiger partial charge < -0.3 is 19.6 Å². The fraction of sp³-hybridized carbons (Fsp3) is 0.115. The van der Waals surface area contributed by atoms with Crippen LogP contribution in [0.25, 0.3) is 28.6 Å². The van der Waals surface area contributed by atoms with Crippen LogP contribution in [0.1, 0.15) is 16.7 Å². The molecule has 7 nitrogen and oxygen atoms in total. The van der Waals surface area contributed by atoms with Crippen LogP contribution in [0.5, 0.6) is 11.5 Å². The third-order valence-corrected chi connectivity index (χ3v) is 5.29. The second-order valence-corrected chi connectivity index (χ2v) is 8.14. The fourth-order valence-electron chi connectivity index (χ4n) is 3.48. The van der Waals surface area contributed by atoms with Crippen LogP contribution in [0.4, 0.5) is 5.69 Å². The molecule has 34 heavy (non-hydrogen) atoms. The van der Waals surface area contributed by atoms with E-state index in [0.717, 1.165) is 28.0 Å². The molecule has 0 saturated carbocycles. The molecule has 0 spiro atoms. The standard InChI is InChI=1S/C26H23N3O4S/c1-15-12-16(2)24-21(13-15)28-25(33-24)20-10-7-18(14-22(20)30)27-26(34)29-23(31)11-6-17-4-8-19(32-3)9-5-17/h4-14,30H,1-3H3,(H2,27,29,31,34)/b11-6+. The van der Waals surface area contributed by atoms with Crippen LogP contribution in [0, 0.1) is 13.8 Å². The monoisotopic (exact) mass is 473 g/mol. The van der Waals surface area contributed by atoms with Crippen LogP contribution >= 0.6 is 12.2 Å². The third-order valence-electron chi connectivity index (χ3n) is 5.09. The van der Waals surface area contributed by atoms with Crippen molar-refractivity contribution < 1.29 is 19.1 Å². The van der Waals surface area contributed by atoms with Gasteiger partial charge in [-0.05, 0) is 79.2 Å². The van der Waals surface area contributed by atoms with Gasteiger partial charge in [0, 0.05) is 17.8 Å². The maximum Gasteiger partial charge on any atom is 0.250 e. The second-order valence-electron chi connectivity index (χ2n) is 7.73. The molecule has 0 aliphatic heterocycles. The number of methoxy groups -OCH3 is 1. The molecule has 0 saturated heterocycles. The molecule has 0 aliphatic rings. The second kappa shape index (κ2) is 9.76. The van der Waals surface area contributed by atoms with E-state index in [0.29, 0.717) is 22.7 Å². The number of fused-ring (bicyclic) bond motifs is 1. The highest BCUT2D eigenvalue weighted by Crippen LogP contribution is 2.34. The SMILES string of the molecule is COc1ccc(/C=C/C(=O)NC(=S)Nc2ccc(-c3nc4cc(C)cc(C)c4o3)c(O)c2)cc1. The highest BCUT2D eigenvalue weighted by molar-refractivity contribution is 7.80. The summed E-state index contributed by atoms with van der Waals surface area (Å²) in [5, 5.41) is 16.1. The normalized spacial score (nSPS) is 11.0. The van der Waals surface area contributed by atoms with Gasteiger partial charge in [-0.25, -0.2) is 4.98 Å². The molecule has 0 aliphatic carbocycles. The van der Waals surface area contributed by atoms with Gasteiger partial charge in [0.25, 0.3) is 0 Å². The lowest BCUT2D eigenvalue weighted by Crippen LogP contribution is -2.32. The van der Waals surface area contributed by atoms with Gasteiger partial charge in [-0.15, -0.1) is 0 Å². The summed E-state index contributed by atoms with van der Waals surface area (Å²) in [5.74, 6) is 0.653. The Labute approximate surface area is 202 Å². The van der Waals surface area contributed by atoms with Crippen molar-refractivity contribution in [2.45, 2.75) is 13.8 Å². The summed E-state index contributed by atoms with van der Waals surface area (Å²) in [6.07, 6.45) is 3.05. The van der Waals surface area contributed by atoms with Gasteiger partial charge in [0.2, 0.25) is 11.8 Å². The van der Waals surface area contributed by atoms with Crippen molar-refractivity contribution in [3.05, 3.63) is 77.4 Å². The number of anilines is 1. The van der Waals surface area contributed by atoms with E-state index >= 15 is 0 Å². The van der Waals surface area contributed by atoms with Gasteiger partial charge in [-0.3, -0.25) is 10.1 Å². The van der Waals surface area contributed by atoms with Crippen LogP contribution < -0.4 is 15.4 Å². The Kier molecular flexibility index (Phi) is 6.60. The van der Waals surface area contributed by atoms with Crippen LogP contribution in [0.2, 0.25) is 0 Å². The molecule has 172 valence electrons. The summed E-state index contributed by atoms with van der Waals surface area (Å²) >= 11 is 5.21. The van der Waals surface area contributed by atoms with E-state index in [1.807, 2.05) is 50.2 Å². The number of benzene rings is 3. The average Bonchev–Trinajstić information content (AvgIpc) is 3.22. The number of phenols is 1. The first-order valence-corrected chi connectivity index (χ1v) is 10.9. The largest absolute Gasteiger partial charge is 0.507 e. The number of hydrogen-bond donors (Lipinski definition) is 3. The third kappa shape index (κ3) is 5.24. The number of aryl methyl sites for hydroxylation is 2. The molecule has 3 N–H and O–H groups in total. The Morgan fingerprint density at radius 2 is 1.88 bits per heavy atom. The lowest BCUT2D eigenvalue weighted by atomic mass is 10.1. The molecule has 0 bridgehead atoms. The summed E-state index contributed by atoms with van der Waals surface area (Å²) < 4.78 is 11.0. The van der Waals surface area contributed by atoms with Crippen molar-refractivity contribution in [3.8, 4) is 23.0 Å². The van der Waals surface area contributed by atoms with E-state index in [1.54, 1.807) is 25.3 Å². The zero-order chi connectivity index (χ0) is 24.2. The minimum Gasteiger partial charge on any atom is -0.507 e. The Morgan fingerprint density at radius 1 is 1.12 bits per heavy atom. The number of amides is 1. The van der Waals surface area contributed by atoms with Gasteiger partial charge in [0.15, 0.2) is 10.7 Å². The smallest absolute Gasteiger partial charge is 0.250 e. The van der Waals surface area contributed by atoms with Gasteiger partial charge in [0.1, 0.15) is 17.0 Å². The maximum atomic E-state index is 12.2. The number of carbonyl (C=O) groups excluding carboxylic acids is 1. The first kappa shape index (κ1) is 23.0. The molecule has 1 heterocycles. The summed E-state index contributed by atoms with van der Waals surface area (Å²) in [6.45, 7) is 3.95. The van der Waals surface area contributed by atoms with Gasteiger partial charge in [-0.1, -0.05) is 18.2 Å². The molecule has 0 fully saturated rings. The minimum atomic E-state index is -0.383. The number of nitrogens with zero attached hydrogens (tertiary/aromatic N) is 1. The van der Waals surface area contributed by atoms with Crippen LogP contribution in [0.15, 0.2) is 65.1 Å². The van der Waals surface area contributed by atoms with Gasteiger partial charge >= 0.3 is 0 Å². The molecule has 1 amide bonds. The molecule has 1 aromatic heterocycles. The number of hydrogen-bond acceptors (Lipinski definition) is 6. The number of aromatic nitrogens is 1. The molecule has 4 rings (SSSR count). The predicted octanol–water partition coefficient (Wildman–Crippen LogP) is 5.35. The van der Waals surface area contributed by atoms with Gasteiger partial charge in [0.05, 0.1) is 12.7 Å². The van der Waals surface area contributed by atoms with Gasteiger partial charge in [-0.2, -0.15) is 0 Å². The number of aromatic hydroxyl groups is 1. The van der Waals surface area contributed by atoms with Crippen molar-refractivity contribution >= 4 is 46.1 Å². The summed E-state index contributed by atoms with van der Waals surface area (Å²) in [5.41, 5.74) is 5.30. The van der Waals surface area contributed by atoms with Crippen LogP contribution in [0.3, 0.4) is 0 Å². The molecule has 4 aromatic rings. The topological polar surface area (TPSA) is 96.6 Å². The van der Waals surface area contributed by atoms with Crippen molar-refractivity contribution in [1.29, 1.82) is 0 Å². The van der Waals surface area contributed by atoms with E-state index in [4.69, 9.17) is 21.4 Å². The van der Waals surface area contributed by atoms with E-state index in [2.05, 4.69) is 15.6 Å². The van der Waals surface area contributed by atoms with Crippen molar-refractivity contribution in [1.82, 2.24) is 10.3 Å². The number of oxazole rings is 1. The summed E-state index contributed by atoms with van der Waals surface area (Å²) in [7, 11) is 1.59. The number of carbonyl (C=O) groups is 1. The van der Waals surface area contributed by atoms with Crippen LogP contribution in [-0.4, -0.2) is 28.2 Å². The first-order chi connectivity index (χ1) is 16.3. The van der Waals surface area contributed by atoms with Crippen molar-refractivity contribution in [2.75, 3.05) is 12.4 Å². The maximum absolute atomic E-state index is 12.2. The molecule has 0 radical (unpaired) electrons. The summed E-state index contributed by atoms with van der Waals surface area (Å²) in [6, 6.07) is 16.1. The number of rotatable bonds is 5. The lowest BCUT2D eigenvalue weighted by molar-refractivity contribution is -0.115. The fourth-order valence-corrected chi connectivity index (χ4v) is 3.70. The van der Waals surface area contributed by atoms with E-state index in [1.165, 1.54) is 12.1 Å². The van der Waals surface area contributed by atoms with Crippen molar-refractivity contribution in [2.24, 2.45) is 0 Å². The zero-order valence-electron chi connectivity index (χ0n) is 18.9. The molecular formula is C26H23N3O4S. The van der Waals surface area contributed by atoms with Crippen LogP contribution in [-0.2, 0) is 4.79 Å². The highest BCUT2D eigenvalue weighted by atomic mass is 32.1. The number of thiocarbonyl (C=S) groups is 1. The minimum absolute atomic E-state index is 0.0283. The van der Waals surface area contributed by atoms with E-state index < -0.39 is 0 Å². The zero-order valence-corrected chi connectivity index (χ0v) is 19.7. The Balaban J connectivity index is 1.41. The van der Waals surface area contributed by atoms with E-state index in [9.17, 15) is 9.90 Å². The Hall–Kier alpha value is -4.17. The number of ether oxygens (including phenoxy) is 1. The Morgan fingerprint density at radius 3 is 2.59 bits per heavy atom. The predicted molar refractivity (Wildman–Crippen MR) is 137 cm³/mol. The molecule has 0 atom stereocenters. The number of phenolic OH excluding ortho intramolecular Hbond substituents is 1. The number of nitrogens with one attached hydrogen (secondary N) is 2. The molecule has 0 unspecified atom stereocenters. The molecule has 8 heteroatoms. The van der Waals surface area contributed by atoms with Crippen molar-refractivity contribution in [3.63, 3.8) is 0 Å². The average molecular weight is 474 g/mol. The molecular weight excluding hydrogens is 450 g/mol. The Bertz CT molecular complexity index is 1410. The molecule has 3 aromatic carbocycles. The van der Waals surface area contributed by atoms with E-state index in [-0.39, 0.29) is 16.8 Å². The first-order valence-electron chi connectivity index (χ1n) is 10.5. The highest BCUT2D eigenvalue weighted by Gasteiger charge is 2.15. The lowest BCUT2D eigenvalue weighted by Gasteiger charge is -2.09.